The molecule has 0 aliphatic carbocycles. The number of hydrogen-bond acceptors (Lipinski definition) is 5. The minimum Gasteiger partial charge on any atom is -0.368 e. The highest BCUT2D eigenvalue weighted by atomic mass is 32.1. The summed E-state index contributed by atoms with van der Waals surface area (Å²) in [6, 6.07) is 0. The third-order valence-corrected chi connectivity index (χ3v) is 3.86. The number of aryl methyl sites for hydroxylation is 1. The highest BCUT2D eigenvalue weighted by Crippen LogP contribution is 2.24. The van der Waals surface area contributed by atoms with E-state index in [1.54, 1.807) is 11.3 Å². The van der Waals surface area contributed by atoms with Gasteiger partial charge in [0.25, 0.3) is 0 Å². The van der Waals surface area contributed by atoms with Crippen molar-refractivity contribution < 1.29 is 9.53 Å². The van der Waals surface area contributed by atoms with E-state index in [1.807, 2.05) is 19.2 Å². The van der Waals surface area contributed by atoms with Crippen LogP contribution in [0.2, 0.25) is 0 Å². The van der Waals surface area contributed by atoms with Gasteiger partial charge in [-0.25, -0.2) is 4.98 Å². The van der Waals surface area contributed by atoms with Gasteiger partial charge in [0.15, 0.2) is 0 Å². The summed E-state index contributed by atoms with van der Waals surface area (Å²) in [5.41, 5.74) is 1.03. The lowest BCUT2D eigenvalue weighted by Gasteiger charge is -2.31. The van der Waals surface area contributed by atoms with Crippen LogP contribution in [0.5, 0.6) is 0 Å². The van der Waals surface area contributed by atoms with Crippen molar-refractivity contribution in [1.82, 2.24) is 15.2 Å². The van der Waals surface area contributed by atoms with Crippen molar-refractivity contribution in [3.05, 3.63) is 16.1 Å². The van der Waals surface area contributed by atoms with E-state index in [-0.39, 0.29) is 12.0 Å². The van der Waals surface area contributed by atoms with Crippen LogP contribution in [-0.4, -0.2) is 48.6 Å². The van der Waals surface area contributed by atoms with E-state index in [9.17, 15) is 4.79 Å². The number of nitrogens with zero attached hydrogens (tertiary/aromatic N) is 2. The summed E-state index contributed by atoms with van der Waals surface area (Å²) in [6.07, 6.45) is 0.00637. The Bertz CT molecular complexity index is 408. The van der Waals surface area contributed by atoms with Gasteiger partial charge in [0.2, 0.25) is 5.91 Å². The fourth-order valence-electron chi connectivity index (χ4n) is 1.97. The Morgan fingerprint density at radius 1 is 1.72 bits per heavy atom. The number of ether oxygens (including phenoxy) is 1. The average Bonchev–Trinajstić information content (AvgIpc) is 2.76. The Balaban J connectivity index is 1.90. The third kappa shape index (κ3) is 3.51. The van der Waals surface area contributed by atoms with E-state index in [4.69, 9.17) is 4.74 Å². The summed E-state index contributed by atoms with van der Waals surface area (Å²) in [5.74, 6) is 0.0773. The molecule has 100 valence electrons. The fourth-order valence-corrected chi connectivity index (χ4v) is 2.81. The van der Waals surface area contributed by atoms with Crippen LogP contribution in [-0.2, 0) is 9.53 Å². The zero-order valence-corrected chi connectivity index (χ0v) is 11.6. The van der Waals surface area contributed by atoms with Gasteiger partial charge in [-0.05, 0) is 13.8 Å². The van der Waals surface area contributed by atoms with E-state index in [0.29, 0.717) is 19.7 Å². The number of carbonyl (C=O) groups is 1. The van der Waals surface area contributed by atoms with Gasteiger partial charge in [-0.2, -0.15) is 0 Å². The summed E-state index contributed by atoms with van der Waals surface area (Å²) in [4.78, 5) is 18.1. The lowest BCUT2D eigenvalue weighted by atomic mass is 10.2. The van der Waals surface area contributed by atoms with E-state index < -0.39 is 0 Å². The molecule has 1 amide bonds. The highest BCUT2D eigenvalue weighted by Gasteiger charge is 2.25. The average molecular weight is 269 g/mol. The molecule has 1 aromatic rings. The van der Waals surface area contributed by atoms with Crippen LogP contribution >= 0.6 is 11.3 Å². The molecule has 5 nitrogen and oxygen atoms in total. The molecule has 0 aromatic carbocycles. The topological polar surface area (TPSA) is 54.5 Å². The van der Waals surface area contributed by atoms with Crippen molar-refractivity contribution in [3.63, 3.8) is 0 Å². The molecule has 0 bridgehead atoms. The van der Waals surface area contributed by atoms with E-state index >= 15 is 0 Å². The van der Waals surface area contributed by atoms with E-state index in [0.717, 1.165) is 23.8 Å². The van der Waals surface area contributed by atoms with Crippen molar-refractivity contribution in [3.8, 4) is 0 Å². The smallest absolute Gasteiger partial charge is 0.234 e. The Morgan fingerprint density at radius 2 is 2.56 bits per heavy atom. The Morgan fingerprint density at radius 3 is 3.22 bits per heavy atom. The number of aromatic nitrogens is 1. The summed E-state index contributed by atoms with van der Waals surface area (Å²) < 4.78 is 5.72. The second-order valence-electron chi connectivity index (χ2n) is 4.38. The predicted octanol–water partition coefficient (Wildman–Crippen LogP) is 0.961. The molecular weight excluding hydrogens is 250 g/mol. The summed E-state index contributed by atoms with van der Waals surface area (Å²) in [5, 5.41) is 5.85. The van der Waals surface area contributed by atoms with Crippen LogP contribution in [0.25, 0.3) is 0 Å². The first kappa shape index (κ1) is 13.5. The fraction of sp³-hybridized carbons (Fsp3) is 0.667. The number of rotatable bonds is 4. The molecule has 1 fully saturated rings. The monoisotopic (exact) mass is 269 g/mol. The minimum absolute atomic E-state index is 0.00637. The number of morpholine rings is 1. The first-order valence-electron chi connectivity index (χ1n) is 6.21. The molecule has 2 rings (SSSR count). The maximum atomic E-state index is 11.6. The van der Waals surface area contributed by atoms with Gasteiger partial charge in [-0.15, -0.1) is 11.3 Å². The van der Waals surface area contributed by atoms with Gasteiger partial charge in [0.05, 0.1) is 13.2 Å². The first-order valence-corrected chi connectivity index (χ1v) is 7.09. The summed E-state index contributed by atoms with van der Waals surface area (Å²) in [7, 11) is 0. The molecule has 0 saturated carbocycles. The minimum atomic E-state index is 0.00637. The van der Waals surface area contributed by atoms with Crippen LogP contribution in [0.15, 0.2) is 5.38 Å². The van der Waals surface area contributed by atoms with Crippen molar-refractivity contribution in [1.29, 1.82) is 0 Å². The van der Waals surface area contributed by atoms with Gasteiger partial charge >= 0.3 is 0 Å². The van der Waals surface area contributed by atoms with Gasteiger partial charge < -0.3 is 10.1 Å². The zero-order chi connectivity index (χ0) is 13.0. The molecule has 1 atom stereocenters. The second-order valence-corrected chi connectivity index (χ2v) is 5.26. The normalized spacial score (nSPS) is 20.9. The quantitative estimate of drug-likeness (QED) is 0.884. The summed E-state index contributed by atoms with van der Waals surface area (Å²) >= 11 is 1.62. The largest absolute Gasteiger partial charge is 0.368 e. The number of hydrogen-bond donors (Lipinski definition) is 1. The summed E-state index contributed by atoms with van der Waals surface area (Å²) in [6.45, 7) is 7.23. The van der Waals surface area contributed by atoms with Gasteiger partial charge in [0, 0.05) is 30.7 Å². The van der Waals surface area contributed by atoms with Crippen molar-refractivity contribution >= 4 is 17.2 Å². The van der Waals surface area contributed by atoms with Crippen molar-refractivity contribution in [2.75, 3.05) is 32.8 Å². The van der Waals surface area contributed by atoms with E-state index in [2.05, 4.69) is 15.2 Å². The third-order valence-electron chi connectivity index (χ3n) is 2.80. The molecule has 1 aliphatic rings. The standard InChI is InChI=1S/C12H19N3O2S/c1-3-13-11(16)7-15-4-5-17-10(6-15)12-14-9(2)8-18-12/h8,10H,3-7H2,1-2H3,(H,13,16)/t10-/m1/s1. The van der Waals surface area contributed by atoms with Crippen LogP contribution < -0.4 is 5.32 Å². The Kier molecular flexibility index (Phi) is 4.68. The molecule has 0 unspecified atom stereocenters. The number of carbonyl (C=O) groups excluding carboxylic acids is 1. The van der Waals surface area contributed by atoms with Crippen molar-refractivity contribution in [2.24, 2.45) is 0 Å². The molecule has 1 aromatic heterocycles. The number of thiazole rings is 1. The molecule has 1 N–H and O–H groups in total. The molecular formula is C12H19N3O2S. The maximum absolute atomic E-state index is 11.6. The molecule has 1 saturated heterocycles. The Hall–Kier alpha value is -0.980. The Labute approximate surface area is 111 Å². The number of likely N-dealkylation sites (N-methyl/N-ethyl adjacent to an activating group) is 1. The second kappa shape index (κ2) is 6.26. The van der Waals surface area contributed by atoms with Gasteiger partial charge in [-0.3, -0.25) is 9.69 Å². The zero-order valence-electron chi connectivity index (χ0n) is 10.8. The van der Waals surface area contributed by atoms with Crippen LogP contribution in [0, 0.1) is 6.92 Å². The molecule has 0 spiro atoms. The SMILES string of the molecule is CCNC(=O)CN1CCO[C@@H](c2nc(C)cs2)C1. The lowest BCUT2D eigenvalue weighted by molar-refractivity contribution is -0.124. The predicted molar refractivity (Wildman–Crippen MR) is 70.7 cm³/mol. The molecule has 6 heteroatoms. The first-order chi connectivity index (χ1) is 8.69. The van der Waals surface area contributed by atoms with Crippen LogP contribution in [0.4, 0.5) is 0 Å². The number of nitrogens with one attached hydrogen (secondary N) is 1. The molecule has 0 radical (unpaired) electrons. The van der Waals surface area contributed by atoms with Gasteiger partial charge in [0.1, 0.15) is 11.1 Å². The number of amides is 1. The highest BCUT2D eigenvalue weighted by molar-refractivity contribution is 7.09. The molecule has 2 heterocycles. The van der Waals surface area contributed by atoms with Gasteiger partial charge in [-0.1, -0.05) is 0 Å². The van der Waals surface area contributed by atoms with Crippen molar-refractivity contribution in [2.45, 2.75) is 20.0 Å². The maximum Gasteiger partial charge on any atom is 0.234 e. The van der Waals surface area contributed by atoms with Crippen LogP contribution in [0.3, 0.4) is 0 Å². The molecule has 18 heavy (non-hydrogen) atoms. The lowest BCUT2D eigenvalue weighted by Crippen LogP contribution is -2.44. The van der Waals surface area contributed by atoms with E-state index in [1.165, 1.54) is 0 Å². The molecule has 1 aliphatic heterocycles. The van der Waals surface area contributed by atoms with Crippen LogP contribution in [0.1, 0.15) is 23.7 Å².